The number of aliphatic hydroxyl groups excluding tert-OH is 1. The standard InChI is InChI=1S/C27H25F3NS.C13H24O2.Ir/c1-16-12-17(2)14-20(13-16)23-25-21(10-11-31-23)22(27(28,29)30)24(32-25)19-8-6-18(7-9-19)15-26(3,4)5;1-5-10(6-2)12(14)9-13(15)11(7-3)8-4;/h6-13H,15H2,1-5H3;9-11,14H,5-8H2,1-4H3;/q-1;;/b;12-9-;/i11D;;. The number of hydrogen-bond donors (Lipinski definition) is 1. The van der Waals surface area contributed by atoms with Gasteiger partial charge in [-0.3, -0.25) is 4.79 Å². The van der Waals surface area contributed by atoms with Gasteiger partial charge in [0.1, 0.15) is 0 Å². The predicted molar refractivity (Wildman–Crippen MR) is 191 cm³/mol. The van der Waals surface area contributed by atoms with E-state index < -0.39 is 11.7 Å². The summed E-state index contributed by atoms with van der Waals surface area (Å²) in [7, 11) is 0. The molecule has 1 radical (unpaired) electrons. The van der Waals surface area contributed by atoms with Crippen LogP contribution in [0.15, 0.2) is 60.5 Å². The van der Waals surface area contributed by atoms with Crippen LogP contribution in [0.3, 0.4) is 0 Å². The number of pyridine rings is 1. The Balaban J connectivity index is 0.000000444. The fraction of sp³-hybridized carbons (Fsp3) is 0.450. The van der Waals surface area contributed by atoms with E-state index in [1.165, 1.54) is 12.1 Å². The minimum Gasteiger partial charge on any atom is -0.512 e. The van der Waals surface area contributed by atoms with Crippen molar-refractivity contribution in [2.24, 2.45) is 17.3 Å². The number of hydrogen-bond acceptors (Lipinski definition) is 4. The minimum absolute atomic E-state index is 0. The van der Waals surface area contributed by atoms with E-state index in [1.807, 2.05) is 65.8 Å². The summed E-state index contributed by atoms with van der Waals surface area (Å²) in [6.07, 6.45) is 0.990. The van der Waals surface area contributed by atoms with Crippen molar-refractivity contribution in [3.05, 3.63) is 88.8 Å². The van der Waals surface area contributed by atoms with Crippen LogP contribution in [-0.2, 0) is 37.5 Å². The maximum atomic E-state index is 14.3. The number of carbonyl (C=O) groups is 1. The van der Waals surface area contributed by atoms with Gasteiger partial charge in [0.25, 0.3) is 0 Å². The molecule has 0 fully saturated rings. The SMILES string of the molecule is CCC(CC)C(=O)/C=C(\O)C(CC)CC.[2H]c1cc2c(C(F)(F)F)c(-c3ccc(CC(C)(C)C)cc3)sc2c(-c2[c-]c(C)cc(C)c2)n1.[Ir]. The molecule has 0 aliphatic rings. The number of aryl methyl sites for hydroxylation is 2. The van der Waals surface area contributed by atoms with Gasteiger partial charge in [0.2, 0.25) is 0 Å². The molecule has 0 aliphatic heterocycles. The molecule has 0 amide bonds. The maximum Gasteiger partial charge on any atom is 0.418 e. The van der Waals surface area contributed by atoms with Gasteiger partial charge in [-0.2, -0.15) is 13.2 Å². The van der Waals surface area contributed by atoms with Gasteiger partial charge in [-0.05, 0) is 60.1 Å². The monoisotopic (exact) mass is 858 g/mol. The number of ketones is 1. The second kappa shape index (κ2) is 17.7. The van der Waals surface area contributed by atoms with Crippen molar-refractivity contribution in [3.8, 4) is 21.7 Å². The average Bonchev–Trinajstić information content (AvgIpc) is 3.37. The summed E-state index contributed by atoms with van der Waals surface area (Å²) in [5.41, 5.74) is 3.80. The van der Waals surface area contributed by atoms with Crippen molar-refractivity contribution in [2.45, 2.75) is 101 Å². The summed E-state index contributed by atoms with van der Waals surface area (Å²) in [6, 6.07) is 15.5. The summed E-state index contributed by atoms with van der Waals surface area (Å²) in [6.45, 7) is 18.3. The van der Waals surface area contributed by atoms with Crippen LogP contribution in [-0.4, -0.2) is 15.9 Å². The van der Waals surface area contributed by atoms with E-state index in [1.54, 1.807) is 12.1 Å². The van der Waals surface area contributed by atoms with Gasteiger partial charge >= 0.3 is 6.18 Å². The van der Waals surface area contributed by atoms with Crippen LogP contribution in [0.4, 0.5) is 13.2 Å². The van der Waals surface area contributed by atoms with Crippen molar-refractivity contribution in [3.63, 3.8) is 0 Å². The predicted octanol–water partition coefficient (Wildman–Crippen LogP) is 12.5. The van der Waals surface area contributed by atoms with E-state index in [9.17, 15) is 23.1 Å². The molecule has 263 valence electrons. The quantitative estimate of drug-likeness (QED) is 0.0982. The molecular weight excluding hydrogens is 808 g/mol. The first-order valence-electron chi connectivity index (χ1n) is 17.0. The summed E-state index contributed by atoms with van der Waals surface area (Å²) < 4.78 is 51.5. The molecule has 0 saturated carbocycles. The molecule has 3 nitrogen and oxygen atoms in total. The second-order valence-corrected chi connectivity index (χ2v) is 14.5. The third-order valence-corrected chi connectivity index (χ3v) is 9.53. The van der Waals surface area contributed by atoms with Crippen LogP contribution in [0.1, 0.15) is 97.8 Å². The molecule has 0 atom stereocenters. The number of aromatic nitrogens is 1. The molecule has 48 heavy (non-hydrogen) atoms. The molecule has 2 heterocycles. The average molecular weight is 858 g/mol. The molecule has 8 heteroatoms. The molecule has 0 saturated heterocycles. The van der Waals surface area contributed by atoms with Crippen molar-refractivity contribution >= 4 is 27.2 Å². The van der Waals surface area contributed by atoms with E-state index in [-0.39, 0.29) is 65.3 Å². The number of halogens is 3. The Morgan fingerprint density at radius 2 is 1.56 bits per heavy atom. The van der Waals surface area contributed by atoms with Gasteiger partial charge in [0.15, 0.2) is 5.78 Å². The fourth-order valence-corrected chi connectivity index (χ4v) is 7.13. The van der Waals surface area contributed by atoms with Crippen LogP contribution < -0.4 is 0 Å². The largest absolute Gasteiger partial charge is 0.512 e. The van der Waals surface area contributed by atoms with E-state index in [0.717, 1.165) is 60.1 Å². The molecule has 4 aromatic rings. The Hall–Kier alpha value is -2.80. The smallest absolute Gasteiger partial charge is 0.418 e. The first kappa shape index (κ1) is 39.6. The van der Waals surface area contributed by atoms with E-state index >= 15 is 0 Å². The van der Waals surface area contributed by atoms with Crippen LogP contribution in [0.2, 0.25) is 0 Å². The first-order valence-corrected chi connectivity index (χ1v) is 17.3. The molecule has 2 aromatic heterocycles. The molecule has 4 rings (SSSR count). The maximum absolute atomic E-state index is 14.3. The molecule has 1 N–H and O–H groups in total. The summed E-state index contributed by atoms with van der Waals surface area (Å²) in [5, 5.41) is 9.78. The summed E-state index contributed by atoms with van der Waals surface area (Å²) in [5.74, 6) is 0.547. The number of benzene rings is 2. The molecule has 0 bridgehead atoms. The van der Waals surface area contributed by atoms with Gasteiger partial charge in [-0.15, -0.1) is 46.2 Å². The third-order valence-electron chi connectivity index (χ3n) is 8.26. The molecular formula is C40H49F3IrNO2S-. The van der Waals surface area contributed by atoms with E-state index in [2.05, 4.69) is 31.8 Å². The van der Waals surface area contributed by atoms with E-state index in [0.29, 0.717) is 21.5 Å². The number of thiophene rings is 1. The fourth-order valence-electron chi connectivity index (χ4n) is 5.83. The number of alkyl halides is 3. The Bertz CT molecular complexity index is 1710. The van der Waals surface area contributed by atoms with E-state index in [4.69, 9.17) is 1.37 Å². The zero-order valence-corrected chi connectivity index (χ0v) is 32.7. The van der Waals surface area contributed by atoms with Crippen molar-refractivity contribution in [2.75, 3.05) is 0 Å². The molecule has 0 spiro atoms. The van der Waals surface area contributed by atoms with Gasteiger partial charge in [0.05, 0.1) is 12.7 Å². The number of rotatable bonds is 10. The summed E-state index contributed by atoms with van der Waals surface area (Å²) >= 11 is 1.08. The zero-order valence-electron chi connectivity index (χ0n) is 30.5. The van der Waals surface area contributed by atoms with Gasteiger partial charge in [-0.1, -0.05) is 86.6 Å². The molecule has 0 unspecified atom stereocenters. The number of carbonyl (C=O) groups excluding carboxylic acids is 1. The Kier molecular flexibility index (Phi) is 14.6. The third kappa shape index (κ3) is 10.9. The van der Waals surface area contributed by atoms with Crippen LogP contribution in [0, 0.1) is 37.2 Å². The minimum atomic E-state index is -4.56. The molecule has 2 aromatic carbocycles. The molecule has 0 aliphatic carbocycles. The summed E-state index contributed by atoms with van der Waals surface area (Å²) in [4.78, 5) is 16.2. The van der Waals surface area contributed by atoms with Gasteiger partial charge in [-0.25, -0.2) is 0 Å². The van der Waals surface area contributed by atoms with Crippen molar-refractivity contribution in [1.82, 2.24) is 4.98 Å². The number of aliphatic hydroxyl groups is 1. The number of fused-ring (bicyclic) bond motifs is 1. The number of nitrogens with zero attached hydrogens (tertiary/aromatic N) is 1. The van der Waals surface area contributed by atoms with Gasteiger partial charge < -0.3 is 10.1 Å². The normalized spacial score (nSPS) is 12.5. The zero-order chi connectivity index (χ0) is 36.0. The first-order chi connectivity index (χ1) is 22.4. The van der Waals surface area contributed by atoms with Crippen molar-refractivity contribution in [1.29, 1.82) is 0 Å². The van der Waals surface area contributed by atoms with Gasteiger partial charge in [0, 0.05) is 59.5 Å². The van der Waals surface area contributed by atoms with Crippen LogP contribution in [0.25, 0.3) is 31.8 Å². The second-order valence-electron chi connectivity index (χ2n) is 13.5. The topological polar surface area (TPSA) is 50.2 Å². The Morgan fingerprint density at radius 1 is 0.979 bits per heavy atom. The van der Waals surface area contributed by atoms with Crippen LogP contribution in [0.5, 0.6) is 0 Å². The Labute approximate surface area is 303 Å². The van der Waals surface area contributed by atoms with Crippen molar-refractivity contribution < 1.29 is 44.5 Å². The van der Waals surface area contributed by atoms with Crippen LogP contribution >= 0.6 is 11.3 Å². The Morgan fingerprint density at radius 3 is 2.06 bits per heavy atom. The number of allylic oxidation sites excluding steroid dienone is 2.